The molecule has 0 aliphatic heterocycles. The monoisotopic (exact) mass is 152 g/mol. The Kier molecular flexibility index (Phi) is 3.10. The van der Waals surface area contributed by atoms with E-state index in [1.165, 1.54) is 6.92 Å². The first-order chi connectivity index (χ1) is 3.98. The average molecular weight is 152 g/mol. The van der Waals surface area contributed by atoms with Gasteiger partial charge in [0.1, 0.15) is 5.37 Å². The van der Waals surface area contributed by atoms with E-state index in [1.807, 2.05) is 0 Å². The highest BCUT2D eigenvalue weighted by Gasteiger charge is 2.14. The first kappa shape index (κ1) is 8.87. The molecular weight excluding hydrogens is 142 g/mol. The van der Waals surface area contributed by atoms with Gasteiger partial charge in [0.25, 0.3) is 10.1 Å². The second kappa shape index (κ2) is 3.14. The summed E-state index contributed by atoms with van der Waals surface area (Å²) in [7, 11) is -3.92. The number of nitrogens with one attached hydrogen (secondary N) is 1. The highest BCUT2D eigenvalue weighted by molar-refractivity contribution is 7.86. The van der Waals surface area contributed by atoms with Crippen molar-refractivity contribution in [3.05, 3.63) is 6.92 Å². The van der Waals surface area contributed by atoms with Crippen molar-refractivity contribution < 1.29 is 13.0 Å². The minimum atomic E-state index is -3.92. The summed E-state index contributed by atoms with van der Waals surface area (Å²) < 4.78 is 28.7. The second-order valence-corrected chi connectivity index (χ2v) is 3.35. The van der Waals surface area contributed by atoms with Crippen LogP contribution in [0.1, 0.15) is 6.92 Å². The Hall–Kier alpha value is -0.130. The van der Waals surface area contributed by atoms with Gasteiger partial charge in [0.2, 0.25) is 0 Å². The Morgan fingerprint density at radius 1 is 1.78 bits per heavy atom. The topological polar surface area (TPSA) is 66.4 Å². The summed E-state index contributed by atoms with van der Waals surface area (Å²) in [5.41, 5.74) is 0. The van der Waals surface area contributed by atoms with E-state index in [4.69, 9.17) is 4.55 Å². The van der Waals surface area contributed by atoms with Crippen molar-refractivity contribution >= 4 is 10.1 Å². The van der Waals surface area contributed by atoms with E-state index in [-0.39, 0.29) is 6.54 Å². The fourth-order valence-electron chi connectivity index (χ4n) is 0.309. The Labute approximate surface area is 55.0 Å². The van der Waals surface area contributed by atoms with Crippen molar-refractivity contribution in [2.45, 2.75) is 12.3 Å². The molecule has 1 unspecified atom stereocenters. The summed E-state index contributed by atoms with van der Waals surface area (Å²) in [6.45, 7) is 4.98. The Bertz CT molecular complexity index is 163. The molecule has 1 radical (unpaired) electrons. The molecule has 0 heterocycles. The standard InChI is InChI=1S/C4H10NO3S/c1-3-5-4(2)9(6,7)8/h4-5H,1,3H2,2H3,(H,6,7,8). The van der Waals surface area contributed by atoms with Gasteiger partial charge in [0.05, 0.1) is 0 Å². The summed E-state index contributed by atoms with van der Waals surface area (Å²) in [6.07, 6.45) is 0. The molecule has 0 amide bonds. The molecule has 0 aromatic heterocycles. The molecule has 0 aliphatic carbocycles. The van der Waals surface area contributed by atoms with Crippen LogP contribution in [-0.4, -0.2) is 24.9 Å². The lowest BCUT2D eigenvalue weighted by molar-refractivity contribution is 0.459. The van der Waals surface area contributed by atoms with Gasteiger partial charge in [0, 0.05) is 0 Å². The Balaban J connectivity index is 3.90. The van der Waals surface area contributed by atoms with Gasteiger partial charge in [-0.1, -0.05) is 0 Å². The lowest BCUT2D eigenvalue weighted by Gasteiger charge is -2.06. The van der Waals surface area contributed by atoms with Crippen LogP contribution in [0.15, 0.2) is 0 Å². The van der Waals surface area contributed by atoms with Crippen molar-refractivity contribution in [3.8, 4) is 0 Å². The third-order valence-electron chi connectivity index (χ3n) is 0.879. The first-order valence-corrected chi connectivity index (χ1v) is 3.97. The molecule has 0 aromatic rings. The Morgan fingerprint density at radius 2 is 2.22 bits per heavy atom. The molecule has 1 atom stereocenters. The summed E-state index contributed by atoms with van der Waals surface area (Å²) in [5, 5.41) is 1.52. The van der Waals surface area contributed by atoms with E-state index in [9.17, 15) is 8.42 Å². The normalized spacial score (nSPS) is 15.4. The van der Waals surface area contributed by atoms with Crippen molar-refractivity contribution in [1.82, 2.24) is 5.32 Å². The zero-order chi connectivity index (χ0) is 7.49. The van der Waals surface area contributed by atoms with Crippen molar-refractivity contribution in [2.24, 2.45) is 0 Å². The van der Waals surface area contributed by atoms with Crippen LogP contribution in [0.25, 0.3) is 0 Å². The zero-order valence-electron chi connectivity index (χ0n) is 5.16. The summed E-state index contributed by atoms with van der Waals surface area (Å²) in [6, 6.07) is 0. The average Bonchev–Trinajstić information content (AvgIpc) is 1.64. The van der Waals surface area contributed by atoms with Gasteiger partial charge in [-0.2, -0.15) is 8.42 Å². The first-order valence-electron chi connectivity index (χ1n) is 2.47. The van der Waals surface area contributed by atoms with Gasteiger partial charge in [-0.15, -0.1) is 0 Å². The van der Waals surface area contributed by atoms with Gasteiger partial charge in [-0.05, 0) is 20.4 Å². The maximum Gasteiger partial charge on any atom is 0.280 e. The largest absolute Gasteiger partial charge is 0.299 e. The smallest absolute Gasteiger partial charge is 0.280 e. The third-order valence-corrected chi connectivity index (χ3v) is 1.94. The third kappa shape index (κ3) is 3.45. The summed E-state index contributed by atoms with van der Waals surface area (Å²) >= 11 is 0. The van der Waals surface area contributed by atoms with Gasteiger partial charge in [-0.3, -0.25) is 9.87 Å². The maximum atomic E-state index is 10.2. The minimum absolute atomic E-state index is 0.279. The van der Waals surface area contributed by atoms with Crippen molar-refractivity contribution in [3.63, 3.8) is 0 Å². The lowest BCUT2D eigenvalue weighted by Crippen LogP contribution is -2.33. The van der Waals surface area contributed by atoms with E-state index >= 15 is 0 Å². The predicted octanol–water partition coefficient (Wildman–Crippen LogP) is -0.356. The van der Waals surface area contributed by atoms with E-state index < -0.39 is 15.5 Å². The van der Waals surface area contributed by atoms with Gasteiger partial charge >= 0.3 is 0 Å². The van der Waals surface area contributed by atoms with Crippen LogP contribution in [0, 0.1) is 6.92 Å². The number of rotatable bonds is 3. The maximum absolute atomic E-state index is 10.2. The predicted molar refractivity (Wildman–Crippen MR) is 34.4 cm³/mol. The van der Waals surface area contributed by atoms with Crippen LogP contribution in [0.3, 0.4) is 0 Å². The molecule has 0 spiro atoms. The molecule has 0 rings (SSSR count). The van der Waals surface area contributed by atoms with E-state index in [0.29, 0.717) is 0 Å². The summed E-state index contributed by atoms with van der Waals surface area (Å²) in [5.74, 6) is 0. The van der Waals surface area contributed by atoms with Crippen LogP contribution in [0.4, 0.5) is 0 Å². The van der Waals surface area contributed by atoms with Crippen LogP contribution in [0.5, 0.6) is 0 Å². The second-order valence-electron chi connectivity index (χ2n) is 1.61. The quantitative estimate of drug-likeness (QED) is 0.542. The molecular formula is C4H10NO3S. The minimum Gasteiger partial charge on any atom is -0.299 e. The van der Waals surface area contributed by atoms with Crippen LogP contribution < -0.4 is 5.32 Å². The molecule has 2 N–H and O–H groups in total. The molecule has 0 bridgehead atoms. The highest BCUT2D eigenvalue weighted by Crippen LogP contribution is 1.90. The molecule has 9 heavy (non-hydrogen) atoms. The lowest BCUT2D eigenvalue weighted by atomic mass is 10.7. The molecule has 0 aromatic carbocycles. The molecule has 0 fully saturated rings. The molecule has 5 heteroatoms. The Morgan fingerprint density at radius 3 is 2.33 bits per heavy atom. The van der Waals surface area contributed by atoms with E-state index in [1.54, 1.807) is 0 Å². The van der Waals surface area contributed by atoms with Crippen LogP contribution in [0.2, 0.25) is 0 Å². The number of hydrogen-bond donors (Lipinski definition) is 2. The molecule has 0 saturated carbocycles. The van der Waals surface area contributed by atoms with E-state index in [0.717, 1.165) is 0 Å². The molecule has 0 saturated heterocycles. The van der Waals surface area contributed by atoms with Crippen molar-refractivity contribution in [2.75, 3.05) is 6.54 Å². The van der Waals surface area contributed by atoms with Crippen molar-refractivity contribution in [1.29, 1.82) is 0 Å². The molecule has 0 aliphatic rings. The fraction of sp³-hybridized carbons (Fsp3) is 0.750. The highest BCUT2D eigenvalue weighted by atomic mass is 32.2. The van der Waals surface area contributed by atoms with Gasteiger partial charge in [0.15, 0.2) is 0 Å². The zero-order valence-corrected chi connectivity index (χ0v) is 5.98. The molecule has 55 valence electrons. The summed E-state index contributed by atoms with van der Waals surface area (Å²) in [4.78, 5) is 0. The van der Waals surface area contributed by atoms with Crippen LogP contribution in [-0.2, 0) is 10.1 Å². The van der Waals surface area contributed by atoms with E-state index in [2.05, 4.69) is 12.2 Å². The number of hydrogen-bond acceptors (Lipinski definition) is 3. The van der Waals surface area contributed by atoms with Gasteiger partial charge in [-0.25, -0.2) is 0 Å². The SMILES string of the molecule is [CH2]CNC(C)S(=O)(=O)O. The van der Waals surface area contributed by atoms with Gasteiger partial charge < -0.3 is 0 Å². The van der Waals surface area contributed by atoms with Crippen LogP contribution >= 0.6 is 0 Å². The molecule has 4 nitrogen and oxygen atoms in total. The fourth-order valence-corrected chi connectivity index (χ4v) is 0.637.